The van der Waals surface area contributed by atoms with E-state index in [0.717, 1.165) is 23.7 Å². The molecule has 2 aromatic heterocycles. The van der Waals surface area contributed by atoms with Gasteiger partial charge >= 0.3 is 5.97 Å². The molecule has 0 fully saturated rings. The summed E-state index contributed by atoms with van der Waals surface area (Å²) in [6, 6.07) is 1.37. The van der Waals surface area contributed by atoms with Crippen LogP contribution < -0.4 is 5.56 Å². The summed E-state index contributed by atoms with van der Waals surface area (Å²) in [6.07, 6.45) is 6.06. The summed E-state index contributed by atoms with van der Waals surface area (Å²) in [5.74, 6) is -1.06. The number of aliphatic carboxylic acids is 1. The van der Waals surface area contributed by atoms with Gasteiger partial charge in [0.25, 0.3) is 5.56 Å². The number of carbonyl (C=O) groups is 1. The first-order chi connectivity index (χ1) is 9.54. The lowest BCUT2D eigenvalue weighted by molar-refractivity contribution is -0.133. The van der Waals surface area contributed by atoms with Gasteiger partial charge in [-0.2, -0.15) is 10.1 Å². The number of carboxylic acids is 1. The minimum Gasteiger partial charge on any atom is -0.481 e. The number of rotatable bonds is 6. The number of nitrogens with zero attached hydrogens (tertiary/aromatic N) is 4. The monoisotopic (exact) mass is 294 g/mol. The van der Waals surface area contributed by atoms with Crippen molar-refractivity contribution in [1.82, 2.24) is 19.3 Å². The summed E-state index contributed by atoms with van der Waals surface area (Å²) >= 11 is 1.04. The molecule has 0 saturated heterocycles. The van der Waals surface area contributed by atoms with Gasteiger partial charge in [-0.15, -0.1) is 0 Å². The van der Waals surface area contributed by atoms with E-state index in [0.29, 0.717) is 11.7 Å². The maximum Gasteiger partial charge on any atom is 0.313 e. The Kier molecular flexibility index (Phi) is 4.57. The van der Waals surface area contributed by atoms with Crippen molar-refractivity contribution in [3.8, 4) is 0 Å². The molecule has 0 bridgehead atoms. The number of hydrogen-bond donors (Lipinski definition) is 1. The number of aromatic nitrogens is 4. The minimum atomic E-state index is -0.938. The average Bonchev–Trinajstić information content (AvgIpc) is 2.81. The quantitative estimate of drug-likeness (QED) is 0.612. The van der Waals surface area contributed by atoms with Gasteiger partial charge in [0.2, 0.25) is 0 Å². The van der Waals surface area contributed by atoms with Crippen LogP contribution >= 0.6 is 11.8 Å². The Morgan fingerprint density at radius 3 is 2.95 bits per heavy atom. The second-order valence-electron chi connectivity index (χ2n) is 4.20. The summed E-state index contributed by atoms with van der Waals surface area (Å²) in [5.41, 5.74) is 0.705. The Bertz CT molecular complexity index is 665. The van der Waals surface area contributed by atoms with Gasteiger partial charge in [-0.1, -0.05) is 11.8 Å². The van der Waals surface area contributed by atoms with E-state index >= 15 is 0 Å². The Morgan fingerprint density at radius 1 is 1.50 bits per heavy atom. The molecule has 0 unspecified atom stereocenters. The molecule has 8 heteroatoms. The third-order valence-electron chi connectivity index (χ3n) is 2.57. The summed E-state index contributed by atoms with van der Waals surface area (Å²) in [5, 5.41) is 13.2. The van der Waals surface area contributed by atoms with E-state index < -0.39 is 5.97 Å². The summed E-state index contributed by atoms with van der Waals surface area (Å²) in [7, 11) is 1.85. The van der Waals surface area contributed by atoms with Crippen LogP contribution in [0.4, 0.5) is 0 Å². The molecule has 0 aromatic carbocycles. The number of thioether (sulfide) groups is 1. The predicted octanol–water partition coefficient (Wildman–Crippen LogP) is 0.396. The molecule has 2 aromatic rings. The lowest BCUT2D eigenvalue weighted by Crippen LogP contribution is -2.15. The lowest BCUT2D eigenvalue weighted by atomic mass is 10.2. The number of hydrogen-bond acceptors (Lipinski definition) is 5. The molecule has 0 saturated carbocycles. The second-order valence-corrected chi connectivity index (χ2v) is 5.14. The topological polar surface area (TPSA) is 90.0 Å². The summed E-state index contributed by atoms with van der Waals surface area (Å²) in [4.78, 5) is 25.7. The molecule has 1 N–H and O–H groups in total. The first-order valence-corrected chi connectivity index (χ1v) is 6.93. The van der Waals surface area contributed by atoms with Crippen molar-refractivity contribution in [2.24, 2.45) is 7.05 Å². The van der Waals surface area contributed by atoms with Gasteiger partial charge < -0.3 is 9.67 Å². The van der Waals surface area contributed by atoms with Gasteiger partial charge in [0.15, 0.2) is 5.16 Å². The van der Waals surface area contributed by atoms with Crippen molar-refractivity contribution >= 4 is 17.7 Å². The molecule has 7 nitrogen and oxygen atoms in total. The molecule has 0 aliphatic heterocycles. The first kappa shape index (κ1) is 14.3. The maximum absolute atomic E-state index is 11.3. The van der Waals surface area contributed by atoms with E-state index in [9.17, 15) is 9.59 Å². The highest BCUT2D eigenvalue weighted by Crippen LogP contribution is 2.14. The van der Waals surface area contributed by atoms with Gasteiger partial charge in [0.1, 0.15) is 0 Å². The molecule has 20 heavy (non-hydrogen) atoms. The number of aryl methyl sites for hydroxylation is 3. The Labute approximate surface area is 119 Å². The highest BCUT2D eigenvalue weighted by molar-refractivity contribution is 7.99. The maximum atomic E-state index is 11.3. The largest absolute Gasteiger partial charge is 0.481 e. The van der Waals surface area contributed by atoms with Crippen molar-refractivity contribution in [3.63, 3.8) is 0 Å². The van der Waals surface area contributed by atoms with Gasteiger partial charge in [0, 0.05) is 32.1 Å². The molecule has 0 atom stereocenters. The standard InChI is InChI=1S/C12H14N4O3S/c1-15-7-9(6-13-15)2-4-16-5-3-10(17)14-12(16)20-8-11(18)19/h3,5-7H,2,4,8H2,1H3,(H,18,19). The van der Waals surface area contributed by atoms with Gasteiger partial charge in [-0.25, -0.2) is 0 Å². The Morgan fingerprint density at radius 2 is 2.30 bits per heavy atom. The molecule has 0 amide bonds. The van der Waals surface area contributed by atoms with Crippen LogP contribution in [0.1, 0.15) is 5.56 Å². The van der Waals surface area contributed by atoms with Crippen LogP contribution in [0, 0.1) is 0 Å². The van der Waals surface area contributed by atoms with Gasteiger partial charge in [-0.3, -0.25) is 14.3 Å². The van der Waals surface area contributed by atoms with Crippen molar-refractivity contribution in [2.75, 3.05) is 5.75 Å². The van der Waals surface area contributed by atoms with Crippen LogP contribution in [0.5, 0.6) is 0 Å². The molecule has 0 spiro atoms. The second kappa shape index (κ2) is 6.38. The molecule has 2 rings (SSSR count). The first-order valence-electron chi connectivity index (χ1n) is 5.94. The fourth-order valence-electron chi connectivity index (χ4n) is 1.68. The molecular formula is C12H14N4O3S. The van der Waals surface area contributed by atoms with Crippen molar-refractivity contribution in [3.05, 3.63) is 40.6 Å². The van der Waals surface area contributed by atoms with Crippen LogP contribution in [0.25, 0.3) is 0 Å². The normalized spacial score (nSPS) is 10.7. The fraction of sp³-hybridized carbons (Fsp3) is 0.333. The molecule has 106 valence electrons. The third kappa shape index (κ3) is 3.95. The van der Waals surface area contributed by atoms with Gasteiger partial charge in [0.05, 0.1) is 11.9 Å². The molecule has 0 aliphatic carbocycles. The predicted molar refractivity (Wildman–Crippen MR) is 73.8 cm³/mol. The zero-order chi connectivity index (χ0) is 14.5. The average molecular weight is 294 g/mol. The van der Waals surface area contributed by atoms with E-state index in [2.05, 4.69) is 10.1 Å². The Hall–Kier alpha value is -2.09. The zero-order valence-electron chi connectivity index (χ0n) is 10.9. The Balaban J connectivity index is 2.09. The highest BCUT2D eigenvalue weighted by Gasteiger charge is 2.07. The third-order valence-corrected chi connectivity index (χ3v) is 3.55. The number of carboxylic acid groups (broad SMARTS) is 1. The van der Waals surface area contributed by atoms with Crippen LogP contribution in [-0.2, 0) is 24.8 Å². The zero-order valence-corrected chi connectivity index (χ0v) is 11.7. The highest BCUT2D eigenvalue weighted by atomic mass is 32.2. The summed E-state index contributed by atoms with van der Waals surface area (Å²) < 4.78 is 3.50. The molecular weight excluding hydrogens is 280 g/mol. The smallest absolute Gasteiger partial charge is 0.313 e. The fourth-order valence-corrected chi connectivity index (χ4v) is 2.40. The minimum absolute atomic E-state index is 0.122. The van der Waals surface area contributed by atoms with Crippen LogP contribution in [0.15, 0.2) is 34.6 Å². The van der Waals surface area contributed by atoms with E-state index in [1.165, 1.54) is 6.07 Å². The van der Waals surface area contributed by atoms with Crippen molar-refractivity contribution in [1.29, 1.82) is 0 Å². The van der Waals surface area contributed by atoms with E-state index in [-0.39, 0.29) is 11.3 Å². The van der Waals surface area contributed by atoms with Gasteiger partial charge in [-0.05, 0) is 12.0 Å². The van der Waals surface area contributed by atoms with Crippen molar-refractivity contribution in [2.45, 2.75) is 18.1 Å². The molecule has 0 radical (unpaired) electrons. The van der Waals surface area contributed by atoms with Crippen molar-refractivity contribution < 1.29 is 9.90 Å². The molecule has 0 aliphatic rings. The SMILES string of the molecule is Cn1cc(CCn2ccc(=O)nc2SCC(=O)O)cn1. The lowest BCUT2D eigenvalue weighted by Gasteiger charge is -2.09. The van der Waals surface area contributed by atoms with Crippen LogP contribution in [0.2, 0.25) is 0 Å². The molecule has 2 heterocycles. The van der Waals surface area contributed by atoms with Crippen LogP contribution in [0.3, 0.4) is 0 Å². The summed E-state index contributed by atoms with van der Waals surface area (Å²) in [6.45, 7) is 0.612. The van der Waals surface area contributed by atoms with E-state index in [1.807, 2.05) is 13.2 Å². The van der Waals surface area contributed by atoms with E-state index in [1.54, 1.807) is 21.6 Å². The van der Waals surface area contributed by atoms with Crippen LogP contribution in [-0.4, -0.2) is 36.2 Å². The van der Waals surface area contributed by atoms with E-state index in [4.69, 9.17) is 5.11 Å².